The first-order valence-corrected chi connectivity index (χ1v) is 6.35. The average molecular weight is 263 g/mol. The van der Waals surface area contributed by atoms with E-state index in [2.05, 4.69) is 0 Å². The zero-order valence-corrected chi connectivity index (χ0v) is 10.7. The average Bonchev–Trinajstić information content (AvgIpc) is 2.79. The normalized spacial score (nSPS) is 10.5. The van der Waals surface area contributed by atoms with Gasteiger partial charge in [-0.25, -0.2) is 4.79 Å². The van der Waals surface area contributed by atoms with Crippen LogP contribution in [0.3, 0.4) is 0 Å². The van der Waals surface area contributed by atoms with Crippen molar-refractivity contribution in [2.24, 2.45) is 0 Å². The van der Waals surface area contributed by atoms with Crippen LogP contribution in [0.25, 0.3) is 0 Å². The molecule has 0 unspecified atom stereocenters. The Morgan fingerprint density at radius 3 is 2.89 bits per heavy atom. The highest BCUT2D eigenvalue weighted by molar-refractivity contribution is 7.98. The number of hydrogen-bond donors (Lipinski definition) is 2. The summed E-state index contributed by atoms with van der Waals surface area (Å²) in [5, 5.41) is 8.91. The maximum Gasteiger partial charge on any atom is 0.372 e. The Kier molecular flexibility index (Phi) is 3.62. The molecule has 0 atom stereocenters. The number of aryl methyl sites for hydroxylation is 1. The number of anilines is 1. The lowest BCUT2D eigenvalue weighted by atomic mass is 10.2. The molecular weight excluding hydrogens is 250 g/mol. The van der Waals surface area contributed by atoms with Crippen LogP contribution >= 0.6 is 11.8 Å². The van der Waals surface area contributed by atoms with Gasteiger partial charge in [-0.1, -0.05) is 0 Å². The summed E-state index contributed by atoms with van der Waals surface area (Å²) >= 11 is 1.55. The van der Waals surface area contributed by atoms with Gasteiger partial charge in [-0.3, -0.25) is 0 Å². The molecule has 0 aliphatic rings. The molecule has 0 aliphatic heterocycles. The molecule has 0 saturated heterocycles. The number of aromatic carboxylic acids is 1. The number of carboxylic acids is 1. The van der Waals surface area contributed by atoms with Gasteiger partial charge in [0.15, 0.2) is 0 Å². The molecule has 0 radical (unpaired) electrons. The number of benzene rings is 1. The van der Waals surface area contributed by atoms with Crippen LogP contribution in [0.5, 0.6) is 0 Å². The third-order valence-electron chi connectivity index (χ3n) is 2.58. The summed E-state index contributed by atoms with van der Waals surface area (Å²) in [5.41, 5.74) is 8.20. The minimum atomic E-state index is -1.04. The van der Waals surface area contributed by atoms with Crippen molar-refractivity contribution in [3.63, 3.8) is 0 Å². The van der Waals surface area contributed by atoms with Crippen molar-refractivity contribution in [2.45, 2.75) is 17.6 Å². The van der Waals surface area contributed by atoms with Gasteiger partial charge in [0.25, 0.3) is 0 Å². The van der Waals surface area contributed by atoms with Crippen LogP contribution in [0.4, 0.5) is 5.69 Å². The zero-order valence-electron chi connectivity index (χ0n) is 9.84. The molecule has 0 amide bonds. The summed E-state index contributed by atoms with van der Waals surface area (Å²) in [5.74, 6) is -0.472. The van der Waals surface area contributed by atoms with Crippen LogP contribution in [0.2, 0.25) is 0 Å². The quantitative estimate of drug-likeness (QED) is 0.654. The van der Waals surface area contributed by atoms with E-state index in [1.54, 1.807) is 17.8 Å². The van der Waals surface area contributed by atoms with E-state index in [4.69, 9.17) is 15.3 Å². The van der Waals surface area contributed by atoms with Gasteiger partial charge >= 0.3 is 5.97 Å². The van der Waals surface area contributed by atoms with Gasteiger partial charge in [0.2, 0.25) is 5.76 Å². The molecule has 2 rings (SSSR count). The maximum atomic E-state index is 10.9. The lowest BCUT2D eigenvalue weighted by Gasteiger charge is -2.04. The first kappa shape index (κ1) is 12.6. The van der Waals surface area contributed by atoms with E-state index in [9.17, 15) is 4.79 Å². The number of hydrogen-bond acceptors (Lipinski definition) is 4. The minimum absolute atomic E-state index is 0.00895. The predicted octanol–water partition coefficient (Wildman–Crippen LogP) is 3.16. The van der Waals surface area contributed by atoms with Crippen molar-refractivity contribution in [3.8, 4) is 0 Å². The first-order valence-electron chi connectivity index (χ1n) is 5.36. The predicted molar refractivity (Wildman–Crippen MR) is 70.8 cm³/mol. The zero-order chi connectivity index (χ0) is 13.1. The first-order chi connectivity index (χ1) is 8.58. The SMILES string of the molecule is Cc1cc(SCc2ccoc2C(=O)O)ccc1N. The molecule has 0 bridgehead atoms. The largest absolute Gasteiger partial charge is 0.475 e. The topological polar surface area (TPSA) is 76.5 Å². The fraction of sp³-hybridized carbons (Fsp3) is 0.154. The van der Waals surface area contributed by atoms with Crippen molar-refractivity contribution < 1.29 is 14.3 Å². The van der Waals surface area contributed by atoms with E-state index in [1.807, 2.05) is 25.1 Å². The molecule has 1 heterocycles. The second kappa shape index (κ2) is 5.18. The van der Waals surface area contributed by atoms with Gasteiger partial charge in [-0.2, -0.15) is 0 Å². The van der Waals surface area contributed by atoms with Gasteiger partial charge in [-0.15, -0.1) is 11.8 Å². The molecule has 3 N–H and O–H groups in total. The molecule has 5 heteroatoms. The molecule has 1 aromatic carbocycles. The Bertz CT molecular complexity index is 577. The van der Waals surface area contributed by atoms with Gasteiger partial charge in [0, 0.05) is 21.9 Å². The molecule has 0 aliphatic carbocycles. The summed E-state index contributed by atoms with van der Waals surface area (Å²) in [6.45, 7) is 1.94. The van der Waals surface area contributed by atoms with Gasteiger partial charge in [0.1, 0.15) is 0 Å². The van der Waals surface area contributed by atoms with Gasteiger partial charge in [-0.05, 0) is 36.8 Å². The fourth-order valence-corrected chi connectivity index (χ4v) is 2.51. The highest BCUT2D eigenvalue weighted by atomic mass is 32.2. The summed E-state index contributed by atoms with van der Waals surface area (Å²) in [6, 6.07) is 7.44. The summed E-state index contributed by atoms with van der Waals surface area (Å²) in [6.07, 6.45) is 1.40. The van der Waals surface area contributed by atoms with Crippen molar-refractivity contribution in [1.29, 1.82) is 0 Å². The summed E-state index contributed by atoms with van der Waals surface area (Å²) in [7, 11) is 0. The Morgan fingerprint density at radius 2 is 2.22 bits per heavy atom. The van der Waals surface area contributed by atoms with Crippen molar-refractivity contribution in [2.75, 3.05) is 5.73 Å². The van der Waals surface area contributed by atoms with Crippen LogP contribution < -0.4 is 5.73 Å². The standard InChI is InChI=1S/C13H13NO3S/c1-8-6-10(2-3-11(8)14)18-7-9-4-5-17-12(9)13(15)16/h2-6H,7,14H2,1H3,(H,15,16). The van der Waals surface area contributed by atoms with Crippen LogP contribution in [0.1, 0.15) is 21.7 Å². The number of carbonyl (C=O) groups is 1. The minimum Gasteiger partial charge on any atom is -0.475 e. The van der Waals surface area contributed by atoms with E-state index in [1.165, 1.54) is 6.26 Å². The number of rotatable bonds is 4. The smallest absolute Gasteiger partial charge is 0.372 e. The number of furan rings is 1. The third-order valence-corrected chi connectivity index (χ3v) is 3.62. The molecule has 18 heavy (non-hydrogen) atoms. The molecule has 2 aromatic rings. The molecule has 4 nitrogen and oxygen atoms in total. The molecule has 0 spiro atoms. The van der Waals surface area contributed by atoms with E-state index in [0.29, 0.717) is 11.3 Å². The van der Waals surface area contributed by atoms with Crippen LogP contribution in [-0.2, 0) is 5.75 Å². The second-order valence-electron chi connectivity index (χ2n) is 3.89. The Morgan fingerprint density at radius 1 is 1.44 bits per heavy atom. The molecule has 1 aromatic heterocycles. The summed E-state index contributed by atoms with van der Waals surface area (Å²) in [4.78, 5) is 11.9. The molecular formula is C13H13NO3S. The van der Waals surface area contributed by atoms with Crippen molar-refractivity contribution >= 4 is 23.4 Å². The van der Waals surface area contributed by atoms with Gasteiger partial charge < -0.3 is 15.3 Å². The maximum absolute atomic E-state index is 10.9. The second-order valence-corrected chi connectivity index (χ2v) is 4.94. The van der Waals surface area contributed by atoms with E-state index < -0.39 is 5.97 Å². The monoisotopic (exact) mass is 263 g/mol. The third kappa shape index (κ3) is 2.68. The Hall–Kier alpha value is -1.88. The van der Waals surface area contributed by atoms with Crippen molar-refractivity contribution in [1.82, 2.24) is 0 Å². The van der Waals surface area contributed by atoms with Crippen molar-refractivity contribution in [3.05, 3.63) is 47.4 Å². The fourth-order valence-electron chi connectivity index (χ4n) is 1.54. The van der Waals surface area contributed by atoms with E-state index in [0.717, 1.165) is 16.1 Å². The Labute approximate surface area is 109 Å². The van der Waals surface area contributed by atoms with E-state index >= 15 is 0 Å². The highest BCUT2D eigenvalue weighted by Crippen LogP contribution is 2.27. The Balaban J connectivity index is 2.09. The molecule has 0 saturated carbocycles. The van der Waals surface area contributed by atoms with Crippen LogP contribution in [0, 0.1) is 6.92 Å². The lowest BCUT2D eigenvalue weighted by Crippen LogP contribution is -1.97. The molecule has 0 fully saturated rings. The molecule has 94 valence electrons. The number of nitrogen functional groups attached to an aromatic ring is 1. The number of thioether (sulfide) groups is 1. The number of carboxylic acid groups (broad SMARTS) is 1. The van der Waals surface area contributed by atoms with Crippen LogP contribution in [-0.4, -0.2) is 11.1 Å². The van der Waals surface area contributed by atoms with Gasteiger partial charge in [0.05, 0.1) is 6.26 Å². The highest BCUT2D eigenvalue weighted by Gasteiger charge is 2.13. The lowest BCUT2D eigenvalue weighted by molar-refractivity contribution is 0.0661. The summed E-state index contributed by atoms with van der Waals surface area (Å²) < 4.78 is 4.92. The van der Waals surface area contributed by atoms with E-state index in [-0.39, 0.29) is 5.76 Å². The van der Waals surface area contributed by atoms with Crippen LogP contribution in [0.15, 0.2) is 39.8 Å². The number of nitrogens with two attached hydrogens (primary N) is 1.